The molecular weight excluding hydrogens is 390 g/mol. The zero-order valence-corrected chi connectivity index (χ0v) is 19.0. The fourth-order valence-corrected chi connectivity index (χ4v) is 6.48. The van der Waals surface area contributed by atoms with Crippen LogP contribution in [0.1, 0.15) is 30.5 Å². The smallest absolute Gasteiger partial charge is 0.277 e. The Balaban J connectivity index is 1.61. The van der Waals surface area contributed by atoms with Crippen molar-refractivity contribution in [3.05, 3.63) is 28.8 Å². The van der Waals surface area contributed by atoms with Crippen molar-refractivity contribution in [2.45, 2.75) is 51.7 Å². The number of morpholine rings is 1. The van der Waals surface area contributed by atoms with Gasteiger partial charge in [0.25, 0.3) is 5.91 Å². The van der Waals surface area contributed by atoms with Gasteiger partial charge in [0, 0.05) is 13.1 Å². The summed E-state index contributed by atoms with van der Waals surface area (Å²) in [6.45, 7) is 13.5. The molecule has 0 spiro atoms. The molecule has 2 aliphatic heterocycles. The third kappa shape index (κ3) is 4.99. The average Bonchev–Trinajstić information content (AvgIpc) is 2.60. The number of aryl methyl sites for hydroxylation is 3. The second kappa shape index (κ2) is 8.71. The van der Waals surface area contributed by atoms with Crippen LogP contribution in [-0.4, -0.2) is 81.6 Å². The Kier molecular flexibility index (Phi) is 6.67. The zero-order valence-electron chi connectivity index (χ0n) is 18.2. The van der Waals surface area contributed by atoms with Gasteiger partial charge in [-0.15, -0.1) is 0 Å². The molecule has 162 valence electrons. The van der Waals surface area contributed by atoms with Crippen molar-refractivity contribution >= 4 is 15.9 Å². The fraction of sp³-hybridized carbons (Fsp3) is 0.667. The van der Waals surface area contributed by atoms with Gasteiger partial charge in [0.05, 0.1) is 43.3 Å². The van der Waals surface area contributed by atoms with E-state index < -0.39 is 10.0 Å². The number of carbonyl (C=O) groups excluding carboxylic acids is 1. The summed E-state index contributed by atoms with van der Waals surface area (Å²) in [7, 11) is -3.52. The van der Waals surface area contributed by atoms with Gasteiger partial charge in [-0.1, -0.05) is 17.7 Å². The normalized spacial score (nSPS) is 24.7. The van der Waals surface area contributed by atoms with Crippen molar-refractivity contribution in [3.8, 4) is 0 Å². The zero-order chi connectivity index (χ0) is 21.3. The van der Waals surface area contributed by atoms with E-state index in [0.717, 1.165) is 21.6 Å². The van der Waals surface area contributed by atoms with E-state index in [2.05, 4.69) is 0 Å². The van der Waals surface area contributed by atoms with E-state index in [0.29, 0.717) is 50.7 Å². The van der Waals surface area contributed by atoms with Crippen LogP contribution in [0.25, 0.3) is 0 Å². The maximum atomic E-state index is 13.2. The predicted molar refractivity (Wildman–Crippen MR) is 112 cm³/mol. The molecular formula is C21H34N3O4S+. The van der Waals surface area contributed by atoms with Crippen LogP contribution in [0.5, 0.6) is 0 Å². The summed E-state index contributed by atoms with van der Waals surface area (Å²) in [4.78, 5) is 16.2. The number of carbonyl (C=O) groups is 1. The molecule has 2 heterocycles. The number of nitrogens with zero attached hydrogens (tertiary/aromatic N) is 2. The molecule has 1 N–H and O–H groups in total. The minimum absolute atomic E-state index is 0.0562. The van der Waals surface area contributed by atoms with Crippen molar-refractivity contribution in [3.63, 3.8) is 0 Å². The first kappa shape index (κ1) is 22.2. The topological polar surface area (TPSA) is 71.4 Å². The number of hydrogen-bond donors (Lipinski definition) is 1. The summed E-state index contributed by atoms with van der Waals surface area (Å²) in [5, 5.41) is 0. The molecule has 1 amide bonds. The van der Waals surface area contributed by atoms with Crippen LogP contribution in [0.15, 0.2) is 17.0 Å². The van der Waals surface area contributed by atoms with Gasteiger partial charge in [-0.3, -0.25) is 4.79 Å². The van der Waals surface area contributed by atoms with Crippen molar-refractivity contribution in [2.75, 3.05) is 45.8 Å². The van der Waals surface area contributed by atoms with Crippen LogP contribution in [0.2, 0.25) is 0 Å². The first-order chi connectivity index (χ1) is 13.6. The van der Waals surface area contributed by atoms with Crippen LogP contribution < -0.4 is 4.90 Å². The van der Waals surface area contributed by atoms with Gasteiger partial charge in [0.2, 0.25) is 10.0 Å². The molecule has 0 aliphatic carbocycles. The molecule has 2 atom stereocenters. The first-order valence-corrected chi connectivity index (χ1v) is 11.9. The van der Waals surface area contributed by atoms with E-state index in [-0.39, 0.29) is 18.1 Å². The number of sulfonamides is 1. The van der Waals surface area contributed by atoms with Gasteiger partial charge >= 0.3 is 0 Å². The molecule has 3 rings (SSSR count). The quantitative estimate of drug-likeness (QED) is 0.746. The van der Waals surface area contributed by atoms with Crippen LogP contribution >= 0.6 is 0 Å². The lowest BCUT2D eigenvalue weighted by molar-refractivity contribution is -0.896. The largest absolute Gasteiger partial charge is 0.372 e. The molecule has 1 aromatic carbocycles. The molecule has 0 saturated carbocycles. The SMILES string of the molecule is Cc1cc(C)c(S(=O)(=O)N2CC[NH+](CC(=O)N3C[C@@H](C)O[C@@H](C)C3)CC2)c(C)c1. The first-order valence-electron chi connectivity index (χ1n) is 10.4. The van der Waals surface area contributed by atoms with Crippen molar-refractivity contribution in [2.24, 2.45) is 0 Å². The lowest BCUT2D eigenvalue weighted by Crippen LogP contribution is -3.15. The molecule has 2 fully saturated rings. The van der Waals surface area contributed by atoms with Crippen molar-refractivity contribution in [1.82, 2.24) is 9.21 Å². The lowest BCUT2D eigenvalue weighted by atomic mass is 10.1. The third-order valence-corrected chi connectivity index (χ3v) is 8.01. The van der Waals surface area contributed by atoms with Crippen LogP contribution in [0.3, 0.4) is 0 Å². The number of piperazine rings is 1. The van der Waals surface area contributed by atoms with Crippen LogP contribution in [0.4, 0.5) is 0 Å². The van der Waals surface area contributed by atoms with Gasteiger partial charge in [-0.25, -0.2) is 8.42 Å². The Morgan fingerprint density at radius 3 is 2.10 bits per heavy atom. The van der Waals surface area contributed by atoms with E-state index >= 15 is 0 Å². The summed E-state index contributed by atoms with van der Waals surface area (Å²) < 4.78 is 33.7. The number of nitrogens with one attached hydrogen (secondary N) is 1. The Bertz CT molecular complexity index is 830. The molecule has 1 aromatic rings. The minimum atomic E-state index is -3.52. The van der Waals surface area contributed by atoms with E-state index in [1.54, 1.807) is 4.31 Å². The molecule has 8 heteroatoms. The number of rotatable bonds is 4. The average molecular weight is 425 g/mol. The molecule has 2 aliphatic rings. The molecule has 0 bridgehead atoms. The highest BCUT2D eigenvalue weighted by atomic mass is 32.2. The Labute approximate surface area is 174 Å². The Morgan fingerprint density at radius 1 is 1.07 bits per heavy atom. The van der Waals surface area contributed by atoms with Gasteiger partial charge < -0.3 is 14.5 Å². The lowest BCUT2D eigenvalue weighted by Gasteiger charge is -2.37. The van der Waals surface area contributed by atoms with Crippen molar-refractivity contribution in [1.29, 1.82) is 0 Å². The number of ether oxygens (including phenoxy) is 1. The number of hydrogen-bond acceptors (Lipinski definition) is 4. The summed E-state index contributed by atoms with van der Waals surface area (Å²) in [5.74, 6) is 0.128. The van der Waals surface area contributed by atoms with Gasteiger partial charge in [-0.05, 0) is 45.7 Å². The van der Waals surface area contributed by atoms with Gasteiger partial charge in [-0.2, -0.15) is 4.31 Å². The highest BCUT2D eigenvalue weighted by Crippen LogP contribution is 2.25. The van der Waals surface area contributed by atoms with Crippen LogP contribution in [0, 0.1) is 20.8 Å². The van der Waals surface area contributed by atoms with E-state index in [4.69, 9.17) is 4.74 Å². The minimum Gasteiger partial charge on any atom is -0.372 e. The van der Waals surface area contributed by atoms with E-state index in [1.165, 1.54) is 0 Å². The molecule has 0 radical (unpaired) electrons. The van der Waals surface area contributed by atoms with Crippen molar-refractivity contribution < 1.29 is 22.8 Å². The highest BCUT2D eigenvalue weighted by Gasteiger charge is 2.34. The summed E-state index contributed by atoms with van der Waals surface area (Å²) in [6.07, 6.45) is 0.112. The monoisotopic (exact) mass is 424 g/mol. The van der Waals surface area contributed by atoms with E-state index in [1.807, 2.05) is 51.7 Å². The Morgan fingerprint density at radius 2 is 1.59 bits per heavy atom. The number of amides is 1. The standard InChI is InChI=1S/C21H33N3O4S/c1-15-10-16(2)21(17(3)11-15)29(26,27)24-8-6-22(7-9-24)14-20(25)23-12-18(4)28-19(5)13-23/h10-11,18-19H,6-9,12-14H2,1-5H3/p+1/t18-,19+. The summed E-state index contributed by atoms with van der Waals surface area (Å²) in [6, 6.07) is 3.84. The molecule has 29 heavy (non-hydrogen) atoms. The third-order valence-electron chi connectivity index (χ3n) is 5.81. The number of benzene rings is 1. The summed E-state index contributed by atoms with van der Waals surface area (Å²) in [5.41, 5.74) is 2.66. The second-order valence-electron chi connectivity index (χ2n) is 8.61. The maximum absolute atomic E-state index is 13.2. The fourth-order valence-electron chi connectivity index (χ4n) is 4.63. The number of quaternary nitrogens is 1. The summed E-state index contributed by atoms with van der Waals surface area (Å²) >= 11 is 0. The van der Waals surface area contributed by atoms with E-state index in [9.17, 15) is 13.2 Å². The molecule has 2 saturated heterocycles. The molecule has 0 unspecified atom stereocenters. The molecule has 0 aromatic heterocycles. The highest BCUT2D eigenvalue weighted by molar-refractivity contribution is 7.89. The predicted octanol–water partition coefficient (Wildman–Crippen LogP) is 0.137. The van der Waals surface area contributed by atoms with Gasteiger partial charge in [0.1, 0.15) is 0 Å². The Hall–Kier alpha value is -1.48. The van der Waals surface area contributed by atoms with Crippen LogP contribution in [-0.2, 0) is 19.6 Å². The molecule has 7 nitrogen and oxygen atoms in total. The van der Waals surface area contributed by atoms with Gasteiger partial charge in [0.15, 0.2) is 6.54 Å². The maximum Gasteiger partial charge on any atom is 0.277 e. The second-order valence-corrected chi connectivity index (χ2v) is 10.5.